The number of aromatic nitrogens is 4. The van der Waals surface area contributed by atoms with Gasteiger partial charge in [0.25, 0.3) is 0 Å². The lowest BCUT2D eigenvalue weighted by Gasteiger charge is -2.16. The van der Waals surface area contributed by atoms with Gasteiger partial charge in [0.15, 0.2) is 0 Å². The molecule has 0 aliphatic heterocycles. The van der Waals surface area contributed by atoms with Crippen molar-refractivity contribution in [2.24, 2.45) is 7.05 Å². The van der Waals surface area contributed by atoms with Crippen LogP contribution in [0.4, 0.5) is 0 Å². The minimum atomic E-state index is 0.674. The molecule has 0 radical (unpaired) electrons. The smallest absolute Gasteiger partial charge is 0.136 e. The second-order valence-electron chi connectivity index (χ2n) is 4.89. The third-order valence-corrected chi connectivity index (χ3v) is 3.72. The van der Waals surface area contributed by atoms with Gasteiger partial charge in [-0.25, -0.2) is 4.68 Å². The zero-order valence-corrected chi connectivity index (χ0v) is 13.5. The third-order valence-electron chi connectivity index (χ3n) is 3.72. The molecular weight excluding hydrogens is 296 g/mol. The first kappa shape index (κ1) is 15.0. The minimum Gasteiger partial charge on any atom is -0.496 e. The van der Waals surface area contributed by atoms with Crippen molar-refractivity contribution in [3.63, 3.8) is 0 Å². The van der Waals surface area contributed by atoms with Crippen LogP contribution in [0.25, 0.3) is 17.1 Å². The van der Waals surface area contributed by atoms with Gasteiger partial charge in [-0.1, -0.05) is 5.21 Å². The Labute approximate surface area is 134 Å². The van der Waals surface area contributed by atoms with E-state index in [0.29, 0.717) is 17.2 Å². The Morgan fingerprint density at radius 1 is 0.957 bits per heavy atom. The van der Waals surface area contributed by atoms with Gasteiger partial charge < -0.3 is 18.8 Å². The number of hydrogen-bond acceptors (Lipinski definition) is 5. The fourth-order valence-electron chi connectivity index (χ4n) is 2.57. The minimum absolute atomic E-state index is 0.674. The lowest BCUT2D eigenvalue weighted by atomic mass is 10.1. The standard InChI is InChI=1S/C16H18N4O3/c1-19-12(5-6-15(19)20-8-7-17-18-20)16-13(22-3)9-11(21-2)10-14(16)23-4/h5-10H,1-4H3. The van der Waals surface area contributed by atoms with E-state index >= 15 is 0 Å². The molecule has 0 saturated carbocycles. The summed E-state index contributed by atoms with van der Waals surface area (Å²) >= 11 is 0. The normalized spacial score (nSPS) is 10.6. The molecular formula is C16H18N4O3. The van der Waals surface area contributed by atoms with Crippen LogP contribution >= 0.6 is 0 Å². The van der Waals surface area contributed by atoms with Crippen LogP contribution in [0.5, 0.6) is 17.2 Å². The molecule has 2 aromatic heterocycles. The summed E-state index contributed by atoms with van der Waals surface area (Å²) in [7, 11) is 6.81. The SMILES string of the molecule is COc1cc(OC)c(-c2ccc(-n3ccnn3)n2C)c(OC)c1. The number of methoxy groups -OCH3 is 3. The molecule has 0 atom stereocenters. The first-order chi connectivity index (χ1) is 11.2. The Bertz CT molecular complexity index is 784. The Hall–Kier alpha value is -2.96. The Morgan fingerprint density at radius 2 is 1.65 bits per heavy atom. The summed E-state index contributed by atoms with van der Waals surface area (Å²) in [5.74, 6) is 2.91. The molecule has 2 heterocycles. The quantitative estimate of drug-likeness (QED) is 0.723. The molecule has 0 fully saturated rings. The molecule has 3 aromatic rings. The van der Waals surface area contributed by atoms with Gasteiger partial charge in [-0.15, -0.1) is 5.10 Å². The molecule has 0 aliphatic rings. The van der Waals surface area contributed by atoms with E-state index in [9.17, 15) is 0 Å². The molecule has 7 heteroatoms. The molecule has 0 bridgehead atoms. The molecule has 1 aromatic carbocycles. The number of hydrogen-bond donors (Lipinski definition) is 0. The second-order valence-corrected chi connectivity index (χ2v) is 4.89. The zero-order chi connectivity index (χ0) is 16.4. The fourth-order valence-corrected chi connectivity index (χ4v) is 2.57. The maximum absolute atomic E-state index is 5.53. The fraction of sp³-hybridized carbons (Fsp3) is 0.250. The van der Waals surface area contributed by atoms with Crippen LogP contribution in [0.1, 0.15) is 0 Å². The van der Waals surface area contributed by atoms with E-state index in [0.717, 1.165) is 17.1 Å². The van der Waals surface area contributed by atoms with Crippen molar-refractivity contribution in [1.29, 1.82) is 0 Å². The molecule has 0 N–H and O–H groups in total. The van der Waals surface area contributed by atoms with Crippen molar-refractivity contribution in [3.8, 4) is 34.3 Å². The molecule has 0 aliphatic carbocycles. The van der Waals surface area contributed by atoms with Crippen molar-refractivity contribution in [1.82, 2.24) is 19.6 Å². The summed E-state index contributed by atoms with van der Waals surface area (Å²) in [6.45, 7) is 0. The summed E-state index contributed by atoms with van der Waals surface area (Å²) in [6.07, 6.45) is 3.43. The predicted octanol–water partition coefficient (Wildman–Crippen LogP) is 2.30. The molecule has 7 nitrogen and oxygen atoms in total. The van der Waals surface area contributed by atoms with Gasteiger partial charge >= 0.3 is 0 Å². The van der Waals surface area contributed by atoms with Crippen LogP contribution in [0, 0.1) is 0 Å². The van der Waals surface area contributed by atoms with E-state index in [-0.39, 0.29) is 0 Å². The highest BCUT2D eigenvalue weighted by Crippen LogP contribution is 2.42. The maximum Gasteiger partial charge on any atom is 0.136 e. The molecule has 120 valence electrons. The average molecular weight is 314 g/mol. The van der Waals surface area contributed by atoms with Crippen molar-refractivity contribution in [2.75, 3.05) is 21.3 Å². The number of rotatable bonds is 5. The highest BCUT2D eigenvalue weighted by molar-refractivity contribution is 5.77. The lowest BCUT2D eigenvalue weighted by molar-refractivity contribution is 0.377. The Morgan fingerprint density at radius 3 is 2.17 bits per heavy atom. The topological polar surface area (TPSA) is 63.3 Å². The molecule has 0 spiro atoms. The monoisotopic (exact) mass is 314 g/mol. The first-order valence-electron chi connectivity index (χ1n) is 7.02. The van der Waals surface area contributed by atoms with Crippen LogP contribution in [0.2, 0.25) is 0 Å². The van der Waals surface area contributed by atoms with Crippen molar-refractivity contribution < 1.29 is 14.2 Å². The van der Waals surface area contributed by atoms with Gasteiger partial charge in [-0.3, -0.25) is 0 Å². The van der Waals surface area contributed by atoms with Crippen molar-refractivity contribution in [3.05, 3.63) is 36.7 Å². The third kappa shape index (κ3) is 2.50. The van der Waals surface area contributed by atoms with Crippen LogP contribution in [0.3, 0.4) is 0 Å². The zero-order valence-electron chi connectivity index (χ0n) is 13.5. The van der Waals surface area contributed by atoms with Crippen molar-refractivity contribution in [2.45, 2.75) is 0 Å². The Balaban J connectivity index is 2.19. The van der Waals surface area contributed by atoms with Gasteiger partial charge in [0.2, 0.25) is 0 Å². The average Bonchev–Trinajstić information content (AvgIpc) is 3.23. The maximum atomic E-state index is 5.53. The molecule has 0 saturated heterocycles. The van der Waals surface area contributed by atoms with Gasteiger partial charge in [0, 0.05) is 19.2 Å². The summed E-state index contributed by atoms with van der Waals surface area (Å²) in [4.78, 5) is 0. The van der Waals surface area contributed by atoms with Crippen LogP contribution in [0.15, 0.2) is 36.7 Å². The Kier molecular flexibility index (Phi) is 3.92. The van der Waals surface area contributed by atoms with E-state index in [4.69, 9.17) is 14.2 Å². The highest BCUT2D eigenvalue weighted by Gasteiger charge is 2.19. The van der Waals surface area contributed by atoms with E-state index in [1.165, 1.54) is 0 Å². The number of nitrogens with zero attached hydrogens (tertiary/aromatic N) is 4. The predicted molar refractivity (Wildman–Crippen MR) is 85.4 cm³/mol. The van der Waals surface area contributed by atoms with Crippen molar-refractivity contribution >= 4 is 0 Å². The van der Waals surface area contributed by atoms with Gasteiger partial charge in [0.1, 0.15) is 23.1 Å². The molecule has 0 unspecified atom stereocenters. The van der Waals surface area contributed by atoms with E-state index in [1.807, 2.05) is 35.9 Å². The summed E-state index contributed by atoms with van der Waals surface area (Å²) < 4.78 is 20.1. The van der Waals surface area contributed by atoms with Gasteiger partial charge in [-0.05, 0) is 12.1 Å². The number of benzene rings is 1. The van der Waals surface area contributed by atoms with E-state index in [1.54, 1.807) is 38.4 Å². The van der Waals surface area contributed by atoms with E-state index < -0.39 is 0 Å². The second kappa shape index (κ2) is 6.04. The summed E-state index contributed by atoms with van der Waals surface area (Å²) in [5, 5.41) is 7.88. The largest absolute Gasteiger partial charge is 0.496 e. The molecule has 0 amide bonds. The molecule has 23 heavy (non-hydrogen) atoms. The lowest BCUT2D eigenvalue weighted by Crippen LogP contribution is -2.04. The van der Waals surface area contributed by atoms with Crippen LogP contribution in [-0.2, 0) is 7.05 Å². The highest BCUT2D eigenvalue weighted by atomic mass is 16.5. The van der Waals surface area contributed by atoms with E-state index in [2.05, 4.69) is 10.3 Å². The van der Waals surface area contributed by atoms with Gasteiger partial charge in [-0.2, -0.15) is 0 Å². The van der Waals surface area contributed by atoms with Crippen LogP contribution in [-0.4, -0.2) is 40.9 Å². The van der Waals surface area contributed by atoms with Crippen LogP contribution < -0.4 is 14.2 Å². The van der Waals surface area contributed by atoms with Gasteiger partial charge in [0.05, 0.1) is 45.0 Å². The first-order valence-corrected chi connectivity index (χ1v) is 7.02. The summed E-state index contributed by atoms with van der Waals surface area (Å²) in [5.41, 5.74) is 1.79. The summed E-state index contributed by atoms with van der Waals surface area (Å²) in [6, 6.07) is 7.62. The molecule has 3 rings (SSSR count). The number of ether oxygens (including phenoxy) is 3.